The number of nitrogens with zero attached hydrogens (tertiary/aromatic N) is 1. The van der Waals surface area contributed by atoms with Crippen molar-refractivity contribution in [3.63, 3.8) is 0 Å². The average molecular weight is 399 g/mol. The normalized spacial score (nSPS) is 21.4. The van der Waals surface area contributed by atoms with Gasteiger partial charge in [0.25, 0.3) is 5.91 Å². The van der Waals surface area contributed by atoms with Gasteiger partial charge in [-0.2, -0.15) is 8.42 Å². The second kappa shape index (κ2) is 7.63. The summed E-state index contributed by atoms with van der Waals surface area (Å²) in [6.07, 6.45) is 4.02. The first kappa shape index (κ1) is 19.9. The summed E-state index contributed by atoms with van der Waals surface area (Å²) in [5.41, 5.74) is 0.641. The highest BCUT2D eigenvalue weighted by molar-refractivity contribution is 7.92. The maximum absolute atomic E-state index is 15.2. The molecule has 0 spiro atoms. The number of phenols is 1. The molecule has 1 aromatic carbocycles. The summed E-state index contributed by atoms with van der Waals surface area (Å²) >= 11 is 0. The highest BCUT2D eigenvalue weighted by Crippen LogP contribution is 2.39. The highest BCUT2D eigenvalue weighted by atomic mass is 32.2. The Kier molecular flexibility index (Phi) is 5.62. The van der Waals surface area contributed by atoms with Crippen molar-refractivity contribution in [3.8, 4) is 5.75 Å². The summed E-state index contributed by atoms with van der Waals surface area (Å²) in [5.74, 6) is -1.34. The van der Waals surface area contributed by atoms with E-state index in [1.807, 2.05) is 0 Å². The van der Waals surface area contributed by atoms with Gasteiger partial charge in [0.2, 0.25) is 0 Å². The van der Waals surface area contributed by atoms with Crippen LogP contribution in [0.5, 0.6) is 5.75 Å². The third-order valence-electron chi connectivity index (χ3n) is 5.09. The fraction of sp³-hybridized carbons (Fsp3) is 0.611. The van der Waals surface area contributed by atoms with Gasteiger partial charge in [0.05, 0.1) is 0 Å². The molecule has 1 heterocycles. The summed E-state index contributed by atoms with van der Waals surface area (Å²) in [6, 6.07) is 1.52. The zero-order valence-electron chi connectivity index (χ0n) is 15.6. The van der Waals surface area contributed by atoms with Crippen LogP contribution >= 0.6 is 0 Å². The number of carbonyl (C=O) groups is 1. The number of hydrogen-bond acceptors (Lipinski definition) is 5. The summed E-state index contributed by atoms with van der Waals surface area (Å²) in [4.78, 5) is 11.5. The van der Waals surface area contributed by atoms with Crippen molar-refractivity contribution in [2.24, 2.45) is 5.92 Å². The van der Waals surface area contributed by atoms with Crippen molar-refractivity contribution in [2.45, 2.75) is 52.0 Å². The van der Waals surface area contributed by atoms with Gasteiger partial charge in [-0.25, -0.2) is 13.4 Å². The van der Waals surface area contributed by atoms with Gasteiger partial charge >= 0.3 is 10.2 Å². The lowest BCUT2D eigenvalue weighted by atomic mass is 9.87. The van der Waals surface area contributed by atoms with E-state index in [1.165, 1.54) is 6.07 Å². The number of phenolic OH excluding ortho intramolecular Hbond substituents is 1. The minimum atomic E-state index is -4.18. The van der Waals surface area contributed by atoms with Crippen LogP contribution < -0.4 is 14.3 Å². The number of aromatic hydroxyl groups is 1. The number of halogens is 1. The van der Waals surface area contributed by atoms with Crippen molar-refractivity contribution in [1.82, 2.24) is 10.0 Å². The number of nitrogens with one attached hydrogen (secondary N) is 2. The maximum Gasteiger partial charge on any atom is 0.326 e. The molecule has 1 fully saturated rings. The molecule has 1 aliphatic carbocycles. The molecule has 0 radical (unpaired) electrons. The number of rotatable bonds is 6. The van der Waals surface area contributed by atoms with Crippen LogP contribution in [0.2, 0.25) is 0 Å². The Bertz CT molecular complexity index is 841. The van der Waals surface area contributed by atoms with E-state index in [0.717, 1.165) is 25.8 Å². The third-order valence-corrected chi connectivity index (χ3v) is 6.47. The monoisotopic (exact) mass is 399 g/mol. The van der Waals surface area contributed by atoms with E-state index in [9.17, 15) is 18.3 Å². The Labute approximate surface area is 159 Å². The molecule has 1 amide bonds. The highest BCUT2D eigenvalue weighted by Gasteiger charge is 2.39. The first-order valence-electron chi connectivity index (χ1n) is 9.29. The minimum absolute atomic E-state index is 0.103. The van der Waals surface area contributed by atoms with Gasteiger partial charge in [-0.1, -0.05) is 13.8 Å². The first-order valence-corrected chi connectivity index (χ1v) is 10.7. The lowest BCUT2D eigenvalue weighted by Crippen LogP contribution is -2.36. The van der Waals surface area contributed by atoms with E-state index >= 15 is 4.39 Å². The SMILES string of the molecule is CC(C)CCCNC1CCc2cc(O)c(N3CC(=O)NS3(=O)=O)c(F)c2C1. The van der Waals surface area contributed by atoms with Gasteiger partial charge < -0.3 is 10.4 Å². The number of anilines is 1. The summed E-state index contributed by atoms with van der Waals surface area (Å²) < 4.78 is 41.7. The number of amides is 1. The van der Waals surface area contributed by atoms with Crippen molar-refractivity contribution in [2.75, 3.05) is 17.4 Å². The van der Waals surface area contributed by atoms with Crippen LogP contribution in [0.25, 0.3) is 0 Å². The van der Waals surface area contributed by atoms with Gasteiger partial charge in [-0.05, 0) is 61.8 Å². The number of benzene rings is 1. The van der Waals surface area contributed by atoms with Crippen LogP contribution in [-0.4, -0.2) is 38.6 Å². The predicted molar refractivity (Wildman–Crippen MR) is 100 cm³/mol. The van der Waals surface area contributed by atoms with Crippen LogP contribution in [0.4, 0.5) is 10.1 Å². The Morgan fingerprint density at radius 2 is 2.19 bits per heavy atom. The number of aryl methyl sites for hydroxylation is 1. The summed E-state index contributed by atoms with van der Waals surface area (Å²) in [6.45, 7) is 4.66. The minimum Gasteiger partial charge on any atom is -0.506 e. The van der Waals surface area contributed by atoms with E-state index in [-0.39, 0.29) is 6.04 Å². The van der Waals surface area contributed by atoms with Crippen molar-refractivity contribution in [1.29, 1.82) is 0 Å². The second-order valence-electron chi connectivity index (χ2n) is 7.66. The van der Waals surface area contributed by atoms with Crippen molar-refractivity contribution in [3.05, 3.63) is 23.0 Å². The standard InChI is InChI=1S/C18H26FN3O4S/c1-11(2)4-3-7-20-13-6-5-12-8-15(23)18(17(19)14(12)9-13)22-10-16(24)21-27(22,25)26/h8,11,13,20,23H,3-7,9-10H2,1-2H3,(H,21,24). The third kappa shape index (κ3) is 4.19. The summed E-state index contributed by atoms with van der Waals surface area (Å²) in [7, 11) is -4.18. The molecule has 0 saturated carbocycles. The quantitative estimate of drug-likeness (QED) is 0.631. The fourth-order valence-electron chi connectivity index (χ4n) is 3.71. The second-order valence-corrected chi connectivity index (χ2v) is 9.26. The van der Waals surface area contributed by atoms with Gasteiger partial charge in [-0.3, -0.25) is 4.79 Å². The van der Waals surface area contributed by atoms with Gasteiger partial charge in [0, 0.05) is 6.04 Å². The van der Waals surface area contributed by atoms with E-state index in [0.29, 0.717) is 34.2 Å². The Balaban J connectivity index is 1.81. The molecule has 0 bridgehead atoms. The Hall–Kier alpha value is -1.87. The molecule has 7 nitrogen and oxygen atoms in total. The average Bonchev–Trinajstić information content (AvgIpc) is 2.84. The van der Waals surface area contributed by atoms with Crippen LogP contribution in [0.15, 0.2) is 6.07 Å². The number of hydrogen-bond donors (Lipinski definition) is 3. The molecule has 1 unspecified atom stereocenters. The molecule has 3 rings (SSSR count). The zero-order chi connectivity index (χ0) is 19.8. The first-order chi connectivity index (χ1) is 12.7. The molecule has 1 aromatic rings. The largest absolute Gasteiger partial charge is 0.506 e. The molecule has 1 saturated heterocycles. The van der Waals surface area contributed by atoms with Gasteiger partial charge in [0.1, 0.15) is 18.0 Å². The van der Waals surface area contributed by atoms with Gasteiger partial charge in [-0.15, -0.1) is 0 Å². The van der Waals surface area contributed by atoms with Crippen molar-refractivity contribution >= 4 is 21.8 Å². The Morgan fingerprint density at radius 1 is 1.44 bits per heavy atom. The molecule has 1 aliphatic heterocycles. The van der Waals surface area contributed by atoms with E-state index in [2.05, 4.69) is 19.2 Å². The molecule has 9 heteroatoms. The van der Waals surface area contributed by atoms with Crippen LogP contribution in [0.3, 0.4) is 0 Å². The van der Waals surface area contributed by atoms with Crippen LogP contribution in [0.1, 0.15) is 44.2 Å². The predicted octanol–water partition coefficient (Wildman–Crippen LogP) is 1.60. The van der Waals surface area contributed by atoms with E-state index < -0.39 is 39.9 Å². The van der Waals surface area contributed by atoms with Crippen LogP contribution in [0, 0.1) is 11.7 Å². The van der Waals surface area contributed by atoms with Crippen molar-refractivity contribution < 1.29 is 22.7 Å². The molecule has 150 valence electrons. The smallest absolute Gasteiger partial charge is 0.326 e. The van der Waals surface area contributed by atoms with E-state index in [1.54, 1.807) is 4.72 Å². The molecule has 0 aromatic heterocycles. The summed E-state index contributed by atoms with van der Waals surface area (Å²) in [5, 5.41) is 13.7. The number of fused-ring (bicyclic) bond motifs is 1. The molecule has 1 atom stereocenters. The Morgan fingerprint density at radius 3 is 2.81 bits per heavy atom. The fourth-order valence-corrected chi connectivity index (χ4v) is 4.88. The molecule has 27 heavy (non-hydrogen) atoms. The molecular weight excluding hydrogens is 373 g/mol. The lowest BCUT2D eigenvalue weighted by Gasteiger charge is -2.28. The van der Waals surface area contributed by atoms with Crippen LogP contribution in [-0.2, 0) is 27.8 Å². The molecule has 3 N–H and O–H groups in total. The molecular formula is C18H26FN3O4S. The topological polar surface area (TPSA) is 98.7 Å². The molecule has 2 aliphatic rings. The van der Waals surface area contributed by atoms with Gasteiger partial charge in [0.15, 0.2) is 5.82 Å². The number of carbonyl (C=O) groups excluding carboxylic acids is 1. The van der Waals surface area contributed by atoms with E-state index in [4.69, 9.17) is 0 Å². The zero-order valence-corrected chi connectivity index (χ0v) is 16.4. The maximum atomic E-state index is 15.2. The lowest BCUT2D eigenvalue weighted by molar-refractivity contribution is -0.117.